The molecule has 0 aliphatic carbocycles. The number of nitrogens with zero attached hydrogens (tertiary/aromatic N) is 4. The average Bonchev–Trinajstić information content (AvgIpc) is 2.54. The van der Waals surface area contributed by atoms with Crippen LogP contribution in [0.4, 0.5) is 11.4 Å². The number of nitro groups is 2. The van der Waals surface area contributed by atoms with E-state index in [0.29, 0.717) is 0 Å². The topological polar surface area (TPSA) is 151 Å². The SMILES string of the molecule is O=[N+]([O-])c1ccc(O)c(/C=N/N=C/c2cc([N+](=O)[O-])ccc2O)c1. The highest BCUT2D eigenvalue weighted by Crippen LogP contribution is 2.22. The number of nitro benzene ring substituents is 2. The van der Waals surface area contributed by atoms with Crippen molar-refractivity contribution in [3.05, 3.63) is 67.8 Å². The van der Waals surface area contributed by atoms with Gasteiger partial charge in [0.1, 0.15) is 11.5 Å². The summed E-state index contributed by atoms with van der Waals surface area (Å²) in [5.74, 6) is -0.449. The van der Waals surface area contributed by atoms with Crippen molar-refractivity contribution >= 4 is 23.8 Å². The maximum absolute atomic E-state index is 10.7. The molecule has 2 rings (SSSR count). The molecular formula is C14H10N4O6. The van der Waals surface area contributed by atoms with Gasteiger partial charge in [-0.25, -0.2) is 0 Å². The predicted octanol–water partition coefficient (Wildman–Crippen LogP) is 2.37. The van der Waals surface area contributed by atoms with Crippen LogP contribution in [0, 0.1) is 20.2 Å². The summed E-state index contributed by atoms with van der Waals surface area (Å²) in [6, 6.07) is 6.79. The molecule has 0 aliphatic rings. The molecule has 2 aromatic rings. The van der Waals surface area contributed by atoms with Gasteiger partial charge in [0.25, 0.3) is 11.4 Å². The first-order valence-corrected chi connectivity index (χ1v) is 6.39. The molecule has 0 fully saturated rings. The fraction of sp³-hybridized carbons (Fsp3) is 0. The first kappa shape index (κ1) is 16.5. The van der Waals surface area contributed by atoms with E-state index < -0.39 is 9.85 Å². The van der Waals surface area contributed by atoms with E-state index >= 15 is 0 Å². The van der Waals surface area contributed by atoms with Gasteiger partial charge in [0, 0.05) is 35.4 Å². The lowest BCUT2D eigenvalue weighted by atomic mass is 10.2. The molecule has 2 N–H and O–H groups in total. The summed E-state index contributed by atoms with van der Waals surface area (Å²) >= 11 is 0. The van der Waals surface area contributed by atoms with Gasteiger partial charge in [-0.3, -0.25) is 20.2 Å². The lowest BCUT2D eigenvalue weighted by Crippen LogP contribution is -1.91. The smallest absolute Gasteiger partial charge is 0.270 e. The Balaban J connectivity index is 2.21. The Hall–Kier alpha value is -3.82. The van der Waals surface area contributed by atoms with Crippen LogP contribution in [0.3, 0.4) is 0 Å². The first-order valence-electron chi connectivity index (χ1n) is 6.39. The summed E-state index contributed by atoms with van der Waals surface area (Å²) in [4.78, 5) is 20.1. The quantitative estimate of drug-likeness (QED) is 0.487. The number of hydrogen-bond donors (Lipinski definition) is 2. The van der Waals surface area contributed by atoms with Gasteiger partial charge in [-0.1, -0.05) is 0 Å². The molecule has 0 saturated heterocycles. The molecule has 10 nitrogen and oxygen atoms in total. The van der Waals surface area contributed by atoms with Crippen molar-refractivity contribution in [1.82, 2.24) is 0 Å². The van der Waals surface area contributed by atoms with Gasteiger partial charge in [0.15, 0.2) is 0 Å². The molecule has 0 amide bonds. The van der Waals surface area contributed by atoms with Gasteiger partial charge in [-0.2, -0.15) is 10.2 Å². The highest BCUT2D eigenvalue weighted by atomic mass is 16.6. The van der Waals surface area contributed by atoms with Crippen molar-refractivity contribution in [3.8, 4) is 11.5 Å². The highest BCUT2D eigenvalue weighted by Gasteiger charge is 2.09. The Labute approximate surface area is 134 Å². The maximum Gasteiger partial charge on any atom is 0.270 e. The molecule has 0 bridgehead atoms. The molecule has 0 atom stereocenters. The monoisotopic (exact) mass is 330 g/mol. The molecule has 0 radical (unpaired) electrons. The standard InChI is InChI=1S/C14H10N4O6/c19-13-3-1-11(17(21)22)5-9(13)7-15-16-8-10-6-12(18(23)24)2-4-14(10)20/h1-8,19-20H/b15-7+,16-8+. The number of phenolic OH excluding ortho intramolecular Hbond substituents is 2. The maximum atomic E-state index is 10.7. The summed E-state index contributed by atoms with van der Waals surface area (Å²) in [5.41, 5.74) is -0.307. The molecule has 24 heavy (non-hydrogen) atoms. The molecule has 122 valence electrons. The predicted molar refractivity (Wildman–Crippen MR) is 84.7 cm³/mol. The third-order valence-corrected chi connectivity index (χ3v) is 2.90. The minimum Gasteiger partial charge on any atom is -0.507 e. The average molecular weight is 330 g/mol. The highest BCUT2D eigenvalue weighted by molar-refractivity contribution is 5.87. The van der Waals surface area contributed by atoms with Crippen molar-refractivity contribution in [2.24, 2.45) is 10.2 Å². The summed E-state index contributed by atoms with van der Waals surface area (Å²) in [6.45, 7) is 0. The van der Waals surface area contributed by atoms with E-state index in [0.717, 1.165) is 48.8 Å². The van der Waals surface area contributed by atoms with E-state index in [-0.39, 0.29) is 34.0 Å². The number of non-ortho nitro benzene ring substituents is 2. The van der Waals surface area contributed by atoms with Crippen LogP contribution < -0.4 is 0 Å². The zero-order valence-corrected chi connectivity index (χ0v) is 11.9. The summed E-state index contributed by atoms with van der Waals surface area (Å²) in [7, 11) is 0. The zero-order valence-electron chi connectivity index (χ0n) is 11.9. The fourth-order valence-corrected chi connectivity index (χ4v) is 1.71. The van der Waals surface area contributed by atoms with Gasteiger partial charge < -0.3 is 10.2 Å². The lowest BCUT2D eigenvalue weighted by Gasteiger charge is -1.98. The van der Waals surface area contributed by atoms with Crippen LogP contribution >= 0.6 is 0 Å². The van der Waals surface area contributed by atoms with E-state index in [2.05, 4.69) is 10.2 Å². The van der Waals surface area contributed by atoms with Gasteiger partial charge >= 0.3 is 0 Å². The molecule has 0 aromatic heterocycles. The van der Waals surface area contributed by atoms with Crippen LogP contribution in [-0.2, 0) is 0 Å². The number of benzene rings is 2. The molecule has 0 saturated carbocycles. The van der Waals surface area contributed by atoms with Gasteiger partial charge in [-0.05, 0) is 12.1 Å². The second-order valence-corrected chi connectivity index (χ2v) is 4.49. The zero-order chi connectivity index (χ0) is 17.7. The summed E-state index contributed by atoms with van der Waals surface area (Å²) < 4.78 is 0. The number of rotatable bonds is 5. The van der Waals surface area contributed by atoms with Crippen molar-refractivity contribution in [1.29, 1.82) is 0 Å². The van der Waals surface area contributed by atoms with Crippen LogP contribution in [0.2, 0.25) is 0 Å². The third kappa shape index (κ3) is 3.88. The molecule has 0 spiro atoms. The normalized spacial score (nSPS) is 11.2. The van der Waals surface area contributed by atoms with Gasteiger partial charge in [0.05, 0.1) is 22.3 Å². The van der Waals surface area contributed by atoms with E-state index in [1.54, 1.807) is 0 Å². The van der Waals surface area contributed by atoms with Crippen LogP contribution in [0.1, 0.15) is 11.1 Å². The van der Waals surface area contributed by atoms with Crippen LogP contribution in [0.15, 0.2) is 46.6 Å². The summed E-state index contributed by atoms with van der Waals surface area (Å²) in [6.07, 6.45) is 2.15. The van der Waals surface area contributed by atoms with Gasteiger partial charge in [0.2, 0.25) is 0 Å². The Morgan fingerprint density at radius 2 is 1.17 bits per heavy atom. The van der Waals surface area contributed by atoms with Crippen molar-refractivity contribution in [2.45, 2.75) is 0 Å². The van der Waals surface area contributed by atoms with Gasteiger partial charge in [-0.15, -0.1) is 0 Å². The second-order valence-electron chi connectivity index (χ2n) is 4.49. The van der Waals surface area contributed by atoms with Crippen molar-refractivity contribution in [2.75, 3.05) is 0 Å². The van der Waals surface area contributed by atoms with Crippen molar-refractivity contribution < 1.29 is 20.1 Å². The third-order valence-electron chi connectivity index (χ3n) is 2.90. The molecule has 10 heteroatoms. The van der Waals surface area contributed by atoms with Crippen molar-refractivity contribution in [3.63, 3.8) is 0 Å². The minimum absolute atomic E-state index is 0.0737. The number of aromatic hydroxyl groups is 2. The van der Waals surface area contributed by atoms with E-state index in [4.69, 9.17) is 0 Å². The molecule has 0 aliphatic heterocycles. The van der Waals surface area contributed by atoms with E-state index in [1.165, 1.54) is 0 Å². The minimum atomic E-state index is -0.624. The molecular weight excluding hydrogens is 320 g/mol. The summed E-state index contributed by atoms with van der Waals surface area (Å²) in [5, 5.41) is 47.7. The van der Waals surface area contributed by atoms with Crippen LogP contribution in [-0.4, -0.2) is 32.5 Å². The molecule has 0 heterocycles. The fourth-order valence-electron chi connectivity index (χ4n) is 1.71. The number of hydrogen-bond acceptors (Lipinski definition) is 8. The Kier molecular flexibility index (Phi) is 4.80. The Bertz CT molecular complexity index is 791. The Morgan fingerprint density at radius 1 is 0.792 bits per heavy atom. The molecule has 2 aromatic carbocycles. The van der Waals surface area contributed by atoms with Crippen LogP contribution in [0.5, 0.6) is 11.5 Å². The van der Waals surface area contributed by atoms with E-state index in [1.807, 2.05) is 0 Å². The largest absolute Gasteiger partial charge is 0.507 e. The Morgan fingerprint density at radius 3 is 1.50 bits per heavy atom. The molecule has 0 unspecified atom stereocenters. The lowest BCUT2D eigenvalue weighted by molar-refractivity contribution is -0.385. The number of phenols is 2. The second kappa shape index (κ2) is 6.96. The first-order chi connectivity index (χ1) is 11.4. The van der Waals surface area contributed by atoms with E-state index in [9.17, 15) is 30.4 Å². The van der Waals surface area contributed by atoms with Crippen LogP contribution in [0.25, 0.3) is 0 Å².